The number of hydrogen-bond acceptors (Lipinski definition) is 6. The van der Waals surface area contributed by atoms with Crippen molar-refractivity contribution in [3.05, 3.63) is 34.6 Å². The standard InChI is InChI=1S/C10H9N3O7S/c11-5-1-2-7(21(17,18)19)6(3-5)13-9(14)4-8(12-13)20-10(15)16/h1-4,12H,11H2,(H,15,16)(H,17,18,19). The Morgan fingerprint density at radius 1 is 1.33 bits per heavy atom. The zero-order chi connectivity index (χ0) is 15.8. The van der Waals surface area contributed by atoms with Crippen LogP contribution in [0.1, 0.15) is 0 Å². The van der Waals surface area contributed by atoms with Crippen LogP contribution in [0.3, 0.4) is 0 Å². The third kappa shape index (κ3) is 3.04. The largest absolute Gasteiger partial charge is 0.512 e. The van der Waals surface area contributed by atoms with E-state index in [-0.39, 0.29) is 11.4 Å². The lowest BCUT2D eigenvalue weighted by Gasteiger charge is -2.08. The molecule has 0 bridgehead atoms. The summed E-state index contributed by atoms with van der Waals surface area (Å²) >= 11 is 0. The van der Waals surface area contributed by atoms with E-state index in [4.69, 9.17) is 15.4 Å². The highest BCUT2D eigenvalue weighted by Crippen LogP contribution is 2.22. The van der Waals surface area contributed by atoms with Gasteiger partial charge in [-0.2, -0.15) is 8.42 Å². The van der Waals surface area contributed by atoms with Gasteiger partial charge in [0.15, 0.2) is 0 Å². The normalized spacial score (nSPS) is 11.3. The van der Waals surface area contributed by atoms with Gasteiger partial charge in [-0.1, -0.05) is 0 Å². The van der Waals surface area contributed by atoms with E-state index in [1.54, 1.807) is 0 Å². The molecule has 0 atom stereocenters. The molecule has 21 heavy (non-hydrogen) atoms. The fourth-order valence-electron chi connectivity index (χ4n) is 1.63. The molecule has 0 unspecified atom stereocenters. The number of benzene rings is 1. The van der Waals surface area contributed by atoms with Crippen molar-refractivity contribution < 1.29 is 27.6 Å². The molecule has 2 aromatic rings. The van der Waals surface area contributed by atoms with Crippen LogP contribution >= 0.6 is 0 Å². The van der Waals surface area contributed by atoms with Gasteiger partial charge in [0.25, 0.3) is 15.7 Å². The molecule has 1 aromatic carbocycles. The number of aromatic nitrogens is 2. The summed E-state index contributed by atoms with van der Waals surface area (Å²) in [5, 5.41) is 10.7. The van der Waals surface area contributed by atoms with E-state index in [9.17, 15) is 18.0 Å². The van der Waals surface area contributed by atoms with Crippen molar-refractivity contribution in [2.45, 2.75) is 4.90 Å². The number of nitrogen functional groups attached to an aromatic ring is 1. The first-order chi connectivity index (χ1) is 9.68. The van der Waals surface area contributed by atoms with Crippen LogP contribution in [-0.2, 0) is 10.1 Å². The van der Waals surface area contributed by atoms with Crippen LogP contribution in [0.5, 0.6) is 5.88 Å². The fraction of sp³-hybridized carbons (Fsp3) is 0. The number of aromatic amines is 1. The molecule has 0 spiro atoms. The molecule has 0 radical (unpaired) electrons. The van der Waals surface area contributed by atoms with Crippen LogP contribution in [0.15, 0.2) is 34.0 Å². The van der Waals surface area contributed by atoms with E-state index < -0.39 is 32.6 Å². The number of carbonyl (C=O) groups is 1. The molecule has 0 saturated carbocycles. The van der Waals surface area contributed by atoms with Crippen molar-refractivity contribution in [1.29, 1.82) is 0 Å². The average Bonchev–Trinajstić information content (AvgIpc) is 2.67. The van der Waals surface area contributed by atoms with Crippen LogP contribution in [0.2, 0.25) is 0 Å². The lowest BCUT2D eigenvalue weighted by molar-refractivity contribution is 0.142. The van der Waals surface area contributed by atoms with Crippen LogP contribution < -0.4 is 16.0 Å². The third-order valence-corrected chi connectivity index (χ3v) is 3.30. The highest BCUT2D eigenvalue weighted by Gasteiger charge is 2.19. The first-order valence-corrected chi connectivity index (χ1v) is 6.73. The summed E-state index contributed by atoms with van der Waals surface area (Å²) in [5.41, 5.74) is 4.56. The Morgan fingerprint density at radius 3 is 2.57 bits per heavy atom. The van der Waals surface area contributed by atoms with Gasteiger partial charge in [0.2, 0.25) is 5.88 Å². The first-order valence-electron chi connectivity index (χ1n) is 5.29. The Hall–Kier alpha value is -2.79. The molecule has 11 heteroatoms. The number of nitrogens with two attached hydrogens (primary N) is 1. The quantitative estimate of drug-likeness (QED) is 0.350. The number of rotatable bonds is 3. The molecule has 0 amide bonds. The Bertz CT molecular complexity index is 865. The van der Waals surface area contributed by atoms with Crippen molar-refractivity contribution in [3.63, 3.8) is 0 Å². The second kappa shape index (κ2) is 4.96. The van der Waals surface area contributed by atoms with Crippen LogP contribution in [0.25, 0.3) is 5.69 Å². The van der Waals surface area contributed by atoms with Crippen LogP contribution in [0, 0.1) is 0 Å². The first kappa shape index (κ1) is 14.6. The predicted octanol–water partition coefficient (Wildman–Crippen LogP) is 0.0513. The summed E-state index contributed by atoms with van der Waals surface area (Å²) in [6, 6.07) is 4.14. The molecular weight excluding hydrogens is 306 g/mol. The zero-order valence-electron chi connectivity index (χ0n) is 10.2. The second-order valence-corrected chi connectivity index (χ2v) is 5.25. The lowest BCUT2D eigenvalue weighted by atomic mass is 10.3. The van der Waals surface area contributed by atoms with Gasteiger partial charge in [0.1, 0.15) is 4.90 Å². The second-order valence-electron chi connectivity index (χ2n) is 3.86. The van der Waals surface area contributed by atoms with Gasteiger partial charge in [0.05, 0.1) is 11.8 Å². The molecule has 112 valence electrons. The predicted molar refractivity (Wildman–Crippen MR) is 69.3 cm³/mol. The maximum Gasteiger partial charge on any atom is 0.512 e. The monoisotopic (exact) mass is 315 g/mol. The number of anilines is 1. The fourth-order valence-corrected chi connectivity index (χ4v) is 2.28. The number of hydrogen-bond donors (Lipinski definition) is 4. The van der Waals surface area contributed by atoms with Gasteiger partial charge in [-0.25, -0.2) is 9.48 Å². The van der Waals surface area contributed by atoms with E-state index in [0.717, 1.165) is 18.2 Å². The Balaban J connectivity index is 2.67. The SMILES string of the molecule is Nc1ccc(S(=O)(=O)O)c(-n2[nH]c(OC(=O)O)cc2=O)c1. The minimum absolute atomic E-state index is 0.125. The molecule has 1 aromatic heterocycles. The van der Waals surface area contributed by atoms with E-state index in [1.165, 1.54) is 6.07 Å². The Morgan fingerprint density at radius 2 is 2.00 bits per heavy atom. The number of H-pyrrole nitrogens is 1. The average molecular weight is 315 g/mol. The Labute approximate surface area is 117 Å². The smallest absolute Gasteiger partial charge is 0.449 e. The number of nitrogens with one attached hydrogen (secondary N) is 1. The van der Waals surface area contributed by atoms with Gasteiger partial charge in [-0.3, -0.25) is 14.4 Å². The topological polar surface area (TPSA) is 165 Å². The van der Waals surface area contributed by atoms with Gasteiger partial charge < -0.3 is 15.6 Å². The molecule has 10 nitrogen and oxygen atoms in total. The summed E-state index contributed by atoms with van der Waals surface area (Å²) in [5.74, 6) is -0.420. The lowest BCUT2D eigenvalue weighted by Crippen LogP contribution is -2.17. The number of carboxylic acid groups (broad SMARTS) is 1. The summed E-state index contributed by atoms with van der Waals surface area (Å²) in [4.78, 5) is 21.6. The molecule has 5 N–H and O–H groups in total. The van der Waals surface area contributed by atoms with Gasteiger partial charge in [-0.15, -0.1) is 0 Å². The maximum atomic E-state index is 11.8. The molecule has 0 aliphatic rings. The third-order valence-electron chi connectivity index (χ3n) is 2.40. The summed E-state index contributed by atoms with van der Waals surface area (Å²) in [7, 11) is -4.62. The maximum absolute atomic E-state index is 11.8. The van der Waals surface area contributed by atoms with Crippen molar-refractivity contribution in [2.75, 3.05) is 5.73 Å². The number of nitrogens with zero attached hydrogens (tertiary/aromatic N) is 1. The van der Waals surface area contributed by atoms with Crippen molar-refractivity contribution in [3.8, 4) is 11.6 Å². The molecular formula is C10H9N3O7S. The summed E-state index contributed by atoms with van der Waals surface area (Å²) < 4.78 is 36.7. The van der Waals surface area contributed by atoms with Gasteiger partial charge in [0, 0.05) is 5.69 Å². The van der Waals surface area contributed by atoms with Crippen molar-refractivity contribution in [1.82, 2.24) is 9.78 Å². The number of ether oxygens (including phenoxy) is 1. The Kier molecular flexibility index (Phi) is 3.45. The highest BCUT2D eigenvalue weighted by atomic mass is 32.2. The zero-order valence-corrected chi connectivity index (χ0v) is 11.0. The van der Waals surface area contributed by atoms with E-state index in [0.29, 0.717) is 4.68 Å². The molecule has 0 saturated heterocycles. The molecule has 2 rings (SSSR count). The minimum Gasteiger partial charge on any atom is -0.449 e. The highest BCUT2D eigenvalue weighted by molar-refractivity contribution is 7.86. The van der Waals surface area contributed by atoms with E-state index >= 15 is 0 Å². The minimum atomic E-state index is -4.62. The van der Waals surface area contributed by atoms with Crippen molar-refractivity contribution >= 4 is 22.0 Å². The van der Waals surface area contributed by atoms with Crippen molar-refractivity contribution in [2.24, 2.45) is 0 Å². The van der Waals surface area contributed by atoms with E-state index in [2.05, 4.69) is 9.84 Å². The summed E-state index contributed by atoms with van der Waals surface area (Å²) in [6.07, 6.45) is -1.66. The molecule has 1 heterocycles. The molecule has 0 aliphatic heterocycles. The van der Waals surface area contributed by atoms with E-state index in [1.807, 2.05) is 0 Å². The molecule has 0 aliphatic carbocycles. The molecule has 0 fully saturated rings. The van der Waals surface area contributed by atoms with Crippen LogP contribution in [0.4, 0.5) is 10.5 Å². The van der Waals surface area contributed by atoms with Gasteiger partial charge in [-0.05, 0) is 18.2 Å². The van der Waals surface area contributed by atoms with Gasteiger partial charge >= 0.3 is 6.16 Å². The van der Waals surface area contributed by atoms with Crippen LogP contribution in [-0.4, -0.2) is 34.0 Å². The summed E-state index contributed by atoms with van der Waals surface area (Å²) in [6.45, 7) is 0.